The lowest BCUT2D eigenvalue weighted by molar-refractivity contribution is 0.622. The molecule has 1 aliphatic rings. The van der Waals surface area contributed by atoms with Crippen LogP contribution in [0.25, 0.3) is 22.5 Å². The highest BCUT2D eigenvalue weighted by Crippen LogP contribution is 2.45. The minimum Gasteiger partial charge on any atom is -0.264 e. The van der Waals surface area contributed by atoms with Crippen LogP contribution < -0.4 is 0 Å². The van der Waals surface area contributed by atoms with E-state index in [-0.39, 0.29) is 11.1 Å². The van der Waals surface area contributed by atoms with Crippen molar-refractivity contribution in [3.05, 3.63) is 77.6 Å². The van der Waals surface area contributed by atoms with Crippen LogP contribution in [-0.4, -0.2) is 15.0 Å². The Morgan fingerprint density at radius 3 is 2.17 bits per heavy atom. The third-order valence-electron chi connectivity index (χ3n) is 3.78. The molecule has 3 heterocycles. The smallest absolute Gasteiger partial charge is 0.134 e. The molecule has 0 aromatic carbocycles. The van der Waals surface area contributed by atoms with Gasteiger partial charge in [0.25, 0.3) is 0 Å². The minimum atomic E-state index is -0.480. The van der Waals surface area contributed by atoms with Crippen molar-refractivity contribution in [2.75, 3.05) is 0 Å². The highest BCUT2D eigenvalue weighted by Gasteiger charge is 2.29. The number of hydrogen-bond donors (Lipinski definition) is 0. The van der Waals surface area contributed by atoms with Crippen LogP contribution in [0.3, 0.4) is 0 Å². The average molecular weight is 300 g/mol. The lowest BCUT2D eigenvalue weighted by Gasteiger charge is -2.07. The third kappa shape index (κ3) is 1.93. The molecule has 0 fully saturated rings. The Hall–Kier alpha value is -3.39. The SMILES string of the molecule is N#CC(=C1c2cccnc2-c2ncccc21)c1cnccc1F. The molecule has 0 radical (unpaired) electrons. The van der Waals surface area contributed by atoms with Gasteiger partial charge in [-0.25, -0.2) is 4.39 Å². The zero-order valence-electron chi connectivity index (χ0n) is 11.9. The van der Waals surface area contributed by atoms with Crippen LogP contribution in [0, 0.1) is 17.1 Å². The molecule has 4 rings (SSSR count). The van der Waals surface area contributed by atoms with E-state index in [1.54, 1.807) is 24.5 Å². The van der Waals surface area contributed by atoms with Crippen LogP contribution in [-0.2, 0) is 0 Å². The molecule has 0 bridgehead atoms. The van der Waals surface area contributed by atoms with Gasteiger partial charge < -0.3 is 0 Å². The van der Waals surface area contributed by atoms with Gasteiger partial charge in [-0.15, -0.1) is 0 Å². The summed E-state index contributed by atoms with van der Waals surface area (Å²) in [5.41, 5.74) is 4.02. The molecule has 5 heteroatoms. The average Bonchev–Trinajstić information content (AvgIpc) is 2.92. The summed E-state index contributed by atoms with van der Waals surface area (Å²) in [6.07, 6.45) is 6.08. The fourth-order valence-electron chi connectivity index (χ4n) is 2.82. The molecular weight excluding hydrogens is 291 g/mol. The Labute approximate surface area is 131 Å². The summed E-state index contributed by atoms with van der Waals surface area (Å²) in [6, 6.07) is 10.7. The van der Waals surface area contributed by atoms with Gasteiger partial charge in [0.1, 0.15) is 11.9 Å². The van der Waals surface area contributed by atoms with E-state index < -0.39 is 5.82 Å². The number of allylic oxidation sites excluding steroid dienone is 1. The van der Waals surface area contributed by atoms with Crippen LogP contribution in [0.5, 0.6) is 0 Å². The molecule has 0 unspecified atom stereocenters. The molecule has 0 spiro atoms. The van der Waals surface area contributed by atoms with Gasteiger partial charge in [-0.05, 0) is 18.2 Å². The number of hydrogen-bond acceptors (Lipinski definition) is 4. The van der Waals surface area contributed by atoms with E-state index in [9.17, 15) is 9.65 Å². The molecule has 0 atom stereocenters. The number of rotatable bonds is 1. The summed E-state index contributed by atoms with van der Waals surface area (Å²) < 4.78 is 14.2. The largest absolute Gasteiger partial charge is 0.264 e. The van der Waals surface area contributed by atoms with Crippen LogP contribution in [0.2, 0.25) is 0 Å². The van der Waals surface area contributed by atoms with Crippen LogP contribution in [0.4, 0.5) is 4.39 Å². The zero-order chi connectivity index (χ0) is 15.8. The quantitative estimate of drug-likeness (QED) is 0.505. The Bertz CT molecular complexity index is 954. The van der Waals surface area contributed by atoms with Crippen LogP contribution in [0.15, 0.2) is 55.1 Å². The maximum absolute atomic E-state index is 14.2. The molecule has 0 amide bonds. The fraction of sp³-hybridized carbons (Fsp3) is 0. The predicted octanol–water partition coefficient (Wildman–Crippen LogP) is 3.47. The summed E-state index contributed by atoms with van der Waals surface area (Å²) in [5.74, 6) is -0.480. The van der Waals surface area contributed by atoms with Gasteiger partial charge >= 0.3 is 0 Å². The number of halogens is 1. The van der Waals surface area contributed by atoms with Gasteiger partial charge in [0, 0.05) is 47.1 Å². The maximum atomic E-state index is 14.2. The van der Waals surface area contributed by atoms with Crippen molar-refractivity contribution in [3.8, 4) is 17.5 Å². The first-order valence-corrected chi connectivity index (χ1v) is 6.96. The summed E-state index contributed by atoms with van der Waals surface area (Å²) in [5, 5.41) is 9.67. The van der Waals surface area contributed by atoms with E-state index in [4.69, 9.17) is 0 Å². The monoisotopic (exact) mass is 300 g/mol. The fourth-order valence-corrected chi connectivity index (χ4v) is 2.82. The van der Waals surface area contributed by atoms with Crippen molar-refractivity contribution in [2.45, 2.75) is 0 Å². The summed E-state index contributed by atoms with van der Waals surface area (Å²) >= 11 is 0. The molecule has 4 nitrogen and oxygen atoms in total. The summed E-state index contributed by atoms with van der Waals surface area (Å²) in [6.45, 7) is 0. The number of fused-ring (bicyclic) bond motifs is 3. The Morgan fingerprint density at radius 1 is 0.957 bits per heavy atom. The molecule has 1 aliphatic carbocycles. The van der Waals surface area contributed by atoms with E-state index in [1.165, 1.54) is 18.5 Å². The molecule has 3 aromatic heterocycles. The van der Waals surface area contributed by atoms with Gasteiger partial charge in [0.15, 0.2) is 0 Å². The van der Waals surface area contributed by atoms with Gasteiger partial charge in [0.05, 0.1) is 17.0 Å². The molecule has 0 N–H and O–H groups in total. The number of pyridine rings is 3. The van der Waals surface area contributed by atoms with Crippen LogP contribution in [0.1, 0.15) is 16.7 Å². The maximum Gasteiger partial charge on any atom is 0.134 e. The van der Waals surface area contributed by atoms with Crippen molar-refractivity contribution < 1.29 is 4.39 Å². The van der Waals surface area contributed by atoms with E-state index in [1.807, 2.05) is 12.1 Å². The molecule has 0 aliphatic heterocycles. The lowest BCUT2D eigenvalue weighted by atomic mass is 9.95. The van der Waals surface area contributed by atoms with E-state index >= 15 is 0 Å². The van der Waals surface area contributed by atoms with Crippen molar-refractivity contribution in [1.82, 2.24) is 15.0 Å². The van der Waals surface area contributed by atoms with Crippen molar-refractivity contribution >= 4 is 11.1 Å². The second kappa shape index (κ2) is 5.11. The molecule has 23 heavy (non-hydrogen) atoms. The molecular formula is C18H9FN4. The Balaban J connectivity index is 2.12. The summed E-state index contributed by atoms with van der Waals surface area (Å²) in [4.78, 5) is 12.7. The Morgan fingerprint density at radius 2 is 1.61 bits per heavy atom. The van der Waals surface area contributed by atoms with E-state index in [0.717, 1.165) is 11.1 Å². The van der Waals surface area contributed by atoms with Gasteiger partial charge in [-0.1, -0.05) is 12.1 Å². The number of nitrogens with zero attached hydrogens (tertiary/aromatic N) is 4. The predicted molar refractivity (Wildman–Crippen MR) is 83.2 cm³/mol. The van der Waals surface area contributed by atoms with E-state index in [0.29, 0.717) is 17.0 Å². The molecule has 0 saturated heterocycles. The topological polar surface area (TPSA) is 62.5 Å². The molecule has 108 valence electrons. The second-order valence-corrected chi connectivity index (χ2v) is 5.02. The third-order valence-corrected chi connectivity index (χ3v) is 3.78. The van der Waals surface area contributed by atoms with Gasteiger partial charge in [-0.2, -0.15) is 5.26 Å². The zero-order valence-corrected chi connectivity index (χ0v) is 11.9. The first-order valence-electron chi connectivity index (χ1n) is 6.96. The second-order valence-electron chi connectivity index (χ2n) is 5.02. The Kier molecular flexibility index (Phi) is 2.95. The normalized spacial score (nSPS) is 11.6. The van der Waals surface area contributed by atoms with Gasteiger partial charge in [0.2, 0.25) is 0 Å². The van der Waals surface area contributed by atoms with Crippen LogP contribution >= 0.6 is 0 Å². The summed E-state index contributed by atoms with van der Waals surface area (Å²) in [7, 11) is 0. The van der Waals surface area contributed by atoms with Crippen molar-refractivity contribution in [1.29, 1.82) is 5.26 Å². The van der Waals surface area contributed by atoms with E-state index in [2.05, 4.69) is 21.0 Å². The standard InChI is InChI=1S/C18H9FN4/c19-15-5-8-21-10-14(15)13(9-20)16-11-3-1-6-22-17(11)18-12(16)4-2-7-23-18/h1-8,10H. The highest BCUT2D eigenvalue weighted by molar-refractivity contribution is 6.11. The lowest BCUT2D eigenvalue weighted by Crippen LogP contribution is -1.94. The minimum absolute atomic E-state index is 0.177. The number of aromatic nitrogens is 3. The van der Waals surface area contributed by atoms with Gasteiger partial charge in [-0.3, -0.25) is 15.0 Å². The molecule has 3 aromatic rings. The van der Waals surface area contributed by atoms with Crippen molar-refractivity contribution in [2.24, 2.45) is 0 Å². The first-order chi connectivity index (χ1) is 11.3. The number of nitriles is 1. The van der Waals surface area contributed by atoms with Crippen molar-refractivity contribution in [3.63, 3.8) is 0 Å². The molecule has 0 saturated carbocycles. The first kappa shape index (κ1) is 13.3. The highest BCUT2D eigenvalue weighted by atomic mass is 19.1.